The topological polar surface area (TPSA) is 82.1 Å². The maximum atomic E-state index is 13.6. The highest BCUT2D eigenvalue weighted by Gasteiger charge is 2.43. The monoisotopic (exact) mass is 459 g/mol. The van der Waals surface area contributed by atoms with E-state index < -0.39 is 6.04 Å². The first-order chi connectivity index (χ1) is 16.6. The van der Waals surface area contributed by atoms with Gasteiger partial charge in [0.25, 0.3) is 5.91 Å². The van der Waals surface area contributed by atoms with Crippen LogP contribution in [0.3, 0.4) is 0 Å². The van der Waals surface area contributed by atoms with Gasteiger partial charge in [-0.05, 0) is 48.4 Å². The lowest BCUT2D eigenvalue weighted by molar-refractivity contribution is 0.0701. The summed E-state index contributed by atoms with van der Waals surface area (Å²) >= 11 is 0. The summed E-state index contributed by atoms with van der Waals surface area (Å²) in [6, 6.07) is 15.4. The lowest BCUT2D eigenvalue weighted by atomic mass is 9.98. The number of carbonyl (C=O) groups is 1. The maximum Gasteiger partial charge on any atom is 0.291 e. The first-order valence-electron chi connectivity index (χ1n) is 11.3. The zero-order valence-electron chi connectivity index (χ0n) is 19.1. The molecule has 1 aliphatic rings. The third-order valence-electron chi connectivity index (χ3n) is 6.04. The van der Waals surface area contributed by atoms with Crippen molar-refractivity contribution in [2.75, 3.05) is 13.7 Å². The summed E-state index contributed by atoms with van der Waals surface area (Å²) in [6.45, 7) is 2.87. The van der Waals surface area contributed by atoms with Gasteiger partial charge in [-0.3, -0.25) is 9.59 Å². The second kappa shape index (κ2) is 9.09. The van der Waals surface area contributed by atoms with Gasteiger partial charge in [0, 0.05) is 0 Å². The number of methoxy groups -OCH3 is 1. The number of hydrogen-bond donors (Lipinski definition) is 0. The van der Waals surface area contributed by atoms with Crippen LogP contribution in [0, 0.1) is 0 Å². The molecule has 1 amide bonds. The zero-order valence-corrected chi connectivity index (χ0v) is 19.1. The van der Waals surface area contributed by atoms with E-state index >= 15 is 0 Å². The SMILES string of the molecule is CCCCOc1ccc(C2c3c(oc4ccccc4c3=O)C(=O)N2Cc2ccco2)cc1OC. The molecule has 0 radical (unpaired) electrons. The van der Waals surface area contributed by atoms with E-state index in [1.807, 2.05) is 18.2 Å². The van der Waals surface area contributed by atoms with Gasteiger partial charge in [-0.25, -0.2) is 0 Å². The summed E-state index contributed by atoms with van der Waals surface area (Å²) in [7, 11) is 1.57. The fraction of sp³-hybridized carbons (Fsp3) is 0.259. The molecule has 0 N–H and O–H groups in total. The molecule has 0 bridgehead atoms. The van der Waals surface area contributed by atoms with Crippen LogP contribution in [0.4, 0.5) is 0 Å². The maximum absolute atomic E-state index is 13.6. The van der Waals surface area contributed by atoms with Gasteiger partial charge in [-0.1, -0.05) is 31.5 Å². The minimum absolute atomic E-state index is 0.0579. The Morgan fingerprint density at radius 1 is 1.03 bits per heavy atom. The minimum Gasteiger partial charge on any atom is -0.493 e. The Bertz CT molecular complexity index is 1390. The van der Waals surface area contributed by atoms with Gasteiger partial charge in [-0.15, -0.1) is 0 Å². The molecule has 0 aliphatic carbocycles. The van der Waals surface area contributed by atoms with Gasteiger partial charge in [0.2, 0.25) is 5.76 Å². The molecule has 1 unspecified atom stereocenters. The van der Waals surface area contributed by atoms with Crippen molar-refractivity contribution in [1.29, 1.82) is 0 Å². The number of para-hydroxylation sites is 1. The number of nitrogens with zero attached hydrogens (tertiary/aromatic N) is 1. The molecule has 5 rings (SSSR count). The van der Waals surface area contributed by atoms with Crippen molar-refractivity contribution in [3.63, 3.8) is 0 Å². The summed E-state index contributed by atoms with van der Waals surface area (Å²) < 4.78 is 22.9. The van der Waals surface area contributed by atoms with E-state index in [-0.39, 0.29) is 23.6 Å². The van der Waals surface area contributed by atoms with Gasteiger partial charge >= 0.3 is 0 Å². The van der Waals surface area contributed by atoms with E-state index in [9.17, 15) is 9.59 Å². The van der Waals surface area contributed by atoms with Crippen molar-refractivity contribution in [1.82, 2.24) is 4.90 Å². The van der Waals surface area contributed by atoms with E-state index in [0.29, 0.717) is 40.4 Å². The van der Waals surface area contributed by atoms with Crippen LogP contribution in [0.2, 0.25) is 0 Å². The van der Waals surface area contributed by atoms with E-state index in [1.165, 1.54) is 0 Å². The summed E-state index contributed by atoms with van der Waals surface area (Å²) in [5, 5.41) is 0.436. The average Bonchev–Trinajstić information content (AvgIpc) is 3.47. The molecular weight excluding hydrogens is 434 g/mol. The largest absolute Gasteiger partial charge is 0.493 e. The van der Waals surface area contributed by atoms with Gasteiger partial charge in [0.05, 0.1) is 43.5 Å². The Morgan fingerprint density at radius 3 is 2.65 bits per heavy atom. The van der Waals surface area contributed by atoms with Crippen molar-refractivity contribution in [3.05, 3.63) is 93.7 Å². The molecule has 3 heterocycles. The number of furan rings is 1. The highest BCUT2D eigenvalue weighted by atomic mass is 16.5. The van der Waals surface area contributed by atoms with Gasteiger partial charge in [0.1, 0.15) is 11.3 Å². The van der Waals surface area contributed by atoms with Crippen LogP contribution in [-0.4, -0.2) is 24.5 Å². The summed E-state index contributed by atoms with van der Waals surface area (Å²) in [5.41, 5.74) is 1.20. The van der Waals surface area contributed by atoms with Crippen molar-refractivity contribution in [3.8, 4) is 11.5 Å². The Balaban J connectivity index is 1.65. The van der Waals surface area contributed by atoms with Crippen molar-refractivity contribution in [2.45, 2.75) is 32.4 Å². The summed E-state index contributed by atoms with van der Waals surface area (Å²) in [6.07, 6.45) is 3.51. The molecule has 1 atom stereocenters. The first-order valence-corrected chi connectivity index (χ1v) is 11.3. The molecule has 0 spiro atoms. The van der Waals surface area contributed by atoms with E-state index in [2.05, 4.69) is 6.92 Å². The van der Waals surface area contributed by atoms with E-state index in [1.54, 1.807) is 54.7 Å². The first kappa shape index (κ1) is 21.8. The highest BCUT2D eigenvalue weighted by molar-refractivity contribution is 5.99. The molecule has 7 nitrogen and oxygen atoms in total. The third kappa shape index (κ3) is 3.73. The Kier molecular flexibility index (Phi) is 5.84. The number of fused-ring (bicyclic) bond motifs is 2. The number of benzene rings is 2. The molecule has 0 fully saturated rings. The zero-order chi connectivity index (χ0) is 23.7. The molecule has 4 aromatic rings. The van der Waals surface area contributed by atoms with Crippen LogP contribution in [0.5, 0.6) is 11.5 Å². The lowest BCUT2D eigenvalue weighted by Gasteiger charge is -2.25. The van der Waals surface area contributed by atoms with Gasteiger partial charge in [0.15, 0.2) is 16.9 Å². The number of rotatable bonds is 8. The highest BCUT2D eigenvalue weighted by Crippen LogP contribution is 2.41. The van der Waals surface area contributed by atoms with E-state index in [4.69, 9.17) is 18.3 Å². The van der Waals surface area contributed by atoms with Crippen LogP contribution in [-0.2, 0) is 6.54 Å². The van der Waals surface area contributed by atoms with Gasteiger partial charge < -0.3 is 23.2 Å². The number of hydrogen-bond acceptors (Lipinski definition) is 6. The quantitative estimate of drug-likeness (QED) is 0.332. The predicted molar refractivity (Wildman–Crippen MR) is 126 cm³/mol. The van der Waals surface area contributed by atoms with Crippen LogP contribution >= 0.6 is 0 Å². The molecule has 2 aromatic heterocycles. The van der Waals surface area contributed by atoms with Crippen LogP contribution in [0.1, 0.15) is 53.2 Å². The van der Waals surface area contributed by atoms with Crippen LogP contribution in [0.25, 0.3) is 11.0 Å². The molecule has 0 saturated carbocycles. The van der Waals surface area contributed by atoms with Gasteiger partial charge in [-0.2, -0.15) is 0 Å². The molecule has 2 aromatic carbocycles. The molecule has 1 aliphatic heterocycles. The predicted octanol–water partition coefficient (Wildman–Crippen LogP) is 5.32. The Hall–Kier alpha value is -4.00. The molecular formula is C27H25NO6. The molecule has 7 heteroatoms. The average molecular weight is 459 g/mol. The number of unbranched alkanes of at least 4 members (excludes halogenated alkanes) is 1. The minimum atomic E-state index is -0.660. The second-order valence-corrected chi connectivity index (χ2v) is 8.20. The van der Waals surface area contributed by atoms with Crippen molar-refractivity contribution in [2.24, 2.45) is 0 Å². The van der Waals surface area contributed by atoms with Crippen molar-refractivity contribution >= 4 is 16.9 Å². The normalized spacial score (nSPS) is 15.1. The fourth-order valence-electron chi connectivity index (χ4n) is 4.35. The number of amides is 1. The second-order valence-electron chi connectivity index (χ2n) is 8.20. The summed E-state index contributed by atoms with van der Waals surface area (Å²) in [4.78, 5) is 28.7. The Morgan fingerprint density at radius 2 is 1.88 bits per heavy atom. The van der Waals surface area contributed by atoms with Crippen molar-refractivity contribution < 1.29 is 23.1 Å². The standard InChI is InChI=1S/C27H25NO6/c1-3-4-13-33-21-12-11-17(15-22(21)31-2)24-23-25(29)19-9-5-6-10-20(19)34-26(23)27(30)28(24)16-18-8-7-14-32-18/h5-12,14-15,24H,3-4,13,16H2,1-2H3. The van der Waals surface area contributed by atoms with E-state index in [0.717, 1.165) is 18.4 Å². The molecule has 34 heavy (non-hydrogen) atoms. The smallest absolute Gasteiger partial charge is 0.291 e. The number of ether oxygens (including phenoxy) is 2. The Labute approximate surface area is 196 Å². The lowest BCUT2D eigenvalue weighted by Crippen LogP contribution is -2.29. The number of carbonyl (C=O) groups excluding carboxylic acids is 1. The summed E-state index contributed by atoms with van der Waals surface area (Å²) in [5.74, 6) is 1.46. The molecule has 0 saturated heterocycles. The molecule has 174 valence electrons. The fourth-order valence-corrected chi connectivity index (χ4v) is 4.35. The third-order valence-corrected chi connectivity index (χ3v) is 6.04. The van der Waals surface area contributed by atoms with Crippen LogP contribution < -0.4 is 14.9 Å². The van der Waals surface area contributed by atoms with Crippen LogP contribution in [0.15, 0.2) is 74.5 Å².